The zero-order valence-corrected chi connectivity index (χ0v) is 18.6. The summed E-state index contributed by atoms with van der Waals surface area (Å²) >= 11 is 12.2. The molecule has 2 aliphatic rings. The number of benzene rings is 2. The van der Waals surface area contributed by atoms with Crippen LogP contribution in [0.15, 0.2) is 42.5 Å². The second-order valence-electron chi connectivity index (χ2n) is 8.90. The Morgan fingerprint density at radius 3 is 2.52 bits per heavy atom. The minimum Gasteiger partial charge on any atom is -0.329 e. The fourth-order valence-electron chi connectivity index (χ4n) is 4.94. The van der Waals surface area contributed by atoms with E-state index in [1.807, 2.05) is 12.1 Å². The first-order valence-corrected chi connectivity index (χ1v) is 11.2. The van der Waals surface area contributed by atoms with Crippen molar-refractivity contribution in [2.24, 2.45) is 0 Å². The largest absolute Gasteiger partial charge is 0.329 e. The third-order valence-corrected chi connectivity index (χ3v) is 6.98. The zero-order chi connectivity index (χ0) is 20.6. The average Bonchev–Trinajstić information content (AvgIpc) is 3.17. The fraction of sp³-hybridized carbons (Fsp3) is 0.458. The van der Waals surface area contributed by atoms with Gasteiger partial charge in [0.15, 0.2) is 0 Å². The molecule has 0 spiro atoms. The van der Waals surface area contributed by atoms with Crippen molar-refractivity contribution in [3.05, 3.63) is 69.2 Å². The van der Waals surface area contributed by atoms with E-state index >= 15 is 0 Å². The summed E-state index contributed by atoms with van der Waals surface area (Å²) in [4.78, 5) is 18.2. The molecule has 0 radical (unpaired) electrons. The molecular weight excluding hydrogens is 403 g/mol. The molecule has 0 aliphatic carbocycles. The van der Waals surface area contributed by atoms with Gasteiger partial charge < -0.3 is 9.80 Å². The highest BCUT2D eigenvalue weighted by molar-refractivity contribution is 6.42. The Hall–Kier alpha value is -1.55. The van der Waals surface area contributed by atoms with Gasteiger partial charge in [-0.1, -0.05) is 53.5 Å². The fourth-order valence-corrected chi connectivity index (χ4v) is 5.26. The maximum absolute atomic E-state index is 13.6. The van der Waals surface area contributed by atoms with E-state index in [0.29, 0.717) is 16.5 Å². The Balaban J connectivity index is 1.67. The molecule has 3 nitrogen and oxygen atoms in total. The van der Waals surface area contributed by atoms with Gasteiger partial charge >= 0.3 is 0 Å². The molecule has 0 saturated carbocycles. The first kappa shape index (κ1) is 20.7. The molecule has 0 N–H and O–H groups in total. The second-order valence-corrected chi connectivity index (χ2v) is 9.71. The predicted molar refractivity (Wildman–Crippen MR) is 120 cm³/mol. The van der Waals surface area contributed by atoms with E-state index in [4.69, 9.17) is 23.2 Å². The lowest BCUT2D eigenvalue weighted by Gasteiger charge is -2.49. The maximum atomic E-state index is 13.6. The molecule has 0 bridgehead atoms. The molecular formula is C24H28Cl2N2O. The number of carbonyl (C=O) groups is 1. The first-order chi connectivity index (χ1) is 13.8. The van der Waals surface area contributed by atoms with Gasteiger partial charge in [0.2, 0.25) is 5.91 Å². The summed E-state index contributed by atoms with van der Waals surface area (Å²) in [6, 6.07) is 14.2. The normalized spacial score (nSPS) is 21.2. The molecule has 0 aromatic heterocycles. The van der Waals surface area contributed by atoms with Crippen molar-refractivity contribution < 1.29 is 4.79 Å². The molecule has 2 aliphatic heterocycles. The SMILES string of the molecule is CC1(C)Cc2ccccc2[C@@H](CN2CCCC2)N1C(=O)Cc1ccc(Cl)c(Cl)c1. The van der Waals surface area contributed by atoms with Crippen LogP contribution in [0.25, 0.3) is 0 Å². The van der Waals surface area contributed by atoms with Gasteiger partial charge in [-0.2, -0.15) is 0 Å². The summed E-state index contributed by atoms with van der Waals surface area (Å²) in [5.41, 5.74) is 3.31. The number of likely N-dealkylation sites (tertiary alicyclic amines) is 1. The Morgan fingerprint density at radius 2 is 1.79 bits per heavy atom. The van der Waals surface area contributed by atoms with E-state index in [-0.39, 0.29) is 17.5 Å². The predicted octanol–water partition coefficient (Wildman–Crippen LogP) is 5.54. The lowest BCUT2D eigenvalue weighted by molar-refractivity contribution is -0.141. The molecule has 1 saturated heterocycles. The molecule has 29 heavy (non-hydrogen) atoms. The van der Waals surface area contributed by atoms with Crippen molar-refractivity contribution in [3.8, 4) is 0 Å². The van der Waals surface area contributed by atoms with Crippen molar-refractivity contribution in [2.75, 3.05) is 19.6 Å². The van der Waals surface area contributed by atoms with Crippen molar-refractivity contribution >= 4 is 29.1 Å². The van der Waals surface area contributed by atoms with Crippen LogP contribution in [0.2, 0.25) is 10.0 Å². The van der Waals surface area contributed by atoms with E-state index in [0.717, 1.165) is 31.6 Å². The second kappa shape index (κ2) is 8.29. The molecule has 5 heteroatoms. The van der Waals surface area contributed by atoms with Crippen LogP contribution in [0.3, 0.4) is 0 Å². The van der Waals surface area contributed by atoms with Crippen LogP contribution in [0, 0.1) is 0 Å². The number of hydrogen-bond donors (Lipinski definition) is 0. The summed E-state index contributed by atoms with van der Waals surface area (Å²) in [6.07, 6.45) is 3.69. The van der Waals surface area contributed by atoms with Crippen LogP contribution in [0.1, 0.15) is 49.4 Å². The number of fused-ring (bicyclic) bond motifs is 1. The quantitative estimate of drug-likeness (QED) is 0.635. The standard InChI is InChI=1S/C24H28Cl2N2O/c1-24(2)15-18-7-3-4-8-19(18)22(16-27-11-5-6-12-27)28(24)23(29)14-17-9-10-20(25)21(26)13-17/h3-4,7-10,13,22H,5-6,11-12,14-16H2,1-2H3/t22-/m1/s1. The molecule has 4 rings (SSSR count). The van der Waals surface area contributed by atoms with Gasteiger partial charge in [0.1, 0.15) is 0 Å². The molecule has 1 fully saturated rings. The van der Waals surface area contributed by atoms with Gasteiger partial charge in [-0.15, -0.1) is 0 Å². The number of amides is 1. The summed E-state index contributed by atoms with van der Waals surface area (Å²) in [5, 5.41) is 1.01. The van der Waals surface area contributed by atoms with E-state index < -0.39 is 0 Å². The van der Waals surface area contributed by atoms with Crippen molar-refractivity contribution in [1.29, 1.82) is 0 Å². The van der Waals surface area contributed by atoms with E-state index in [9.17, 15) is 4.79 Å². The third kappa shape index (κ3) is 4.33. The van der Waals surface area contributed by atoms with Gasteiger partial charge in [-0.25, -0.2) is 0 Å². The molecule has 2 aromatic rings. The lowest BCUT2D eigenvalue weighted by atomic mass is 9.80. The Labute approximate surface area is 183 Å². The monoisotopic (exact) mass is 430 g/mol. The number of carbonyl (C=O) groups excluding carboxylic acids is 1. The maximum Gasteiger partial charge on any atom is 0.228 e. The minimum atomic E-state index is -0.244. The number of nitrogens with zero attached hydrogens (tertiary/aromatic N) is 2. The van der Waals surface area contributed by atoms with Gasteiger partial charge in [0.05, 0.1) is 22.5 Å². The van der Waals surface area contributed by atoms with Gasteiger partial charge in [-0.05, 0) is 75.0 Å². The molecule has 2 aromatic carbocycles. The molecule has 0 unspecified atom stereocenters. The minimum absolute atomic E-state index is 0.0725. The molecule has 1 amide bonds. The Morgan fingerprint density at radius 1 is 1.07 bits per heavy atom. The Bertz CT molecular complexity index is 906. The Kier molecular flexibility index (Phi) is 5.92. The van der Waals surface area contributed by atoms with E-state index in [2.05, 4.69) is 47.9 Å². The first-order valence-electron chi connectivity index (χ1n) is 10.4. The van der Waals surface area contributed by atoms with E-state index in [1.165, 1.54) is 24.0 Å². The summed E-state index contributed by atoms with van der Waals surface area (Å²) in [5.74, 6) is 0.145. The van der Waals surface area contributed by atoms with Crippen molar-refractivity contribution in [2.45, 2.75) is 51.1 Å². The molecule has 2 heterocycles. The number of hydrogen-bond acceptors (Lipinski definition) is 2. The van der Waals surface area contributed by atoms with Crippen molar-refractivity contribution in [3.63, 3.8) is 0 Å². The van der Waals surface area contributed by atoms with Crippen molar-refractivity contribution in [1.82, 2.24) is 9.80 Å². The highest BCUT2D eigenvalue weighted by atomic mass is 35.5. The number of rotatable bonds is 4. The third-order valence-electron chi connectivity index (χ3n) is 6.24. The van der Waals surface area contributed by atoms with Gasteiger partial charge in [0, 0.05) is 12.1 Å². The van der Waals surface area contributed by atoms with Crippen LogP contribution in [-0.2, 0) is 17.6 Å². The average molecular weight is 431 g/mol. The lowest BCUT2D eigenvalue weighted by Crippen LogP contribution is -2.56. The summed E-state index contributed by atoms with van der Waals surface area (Å²) in [6.45, 7) is 7.51. The zero-order valence-electron chi connectivity index (χ0n) is 17.1. The molecule has 1 atom stereocenters. The topological polar surface area (TPSA) is 23.6 Å². The highest BCUT2D eigenvalue weighted by Gasteiger charge is 2.42. The van der Waals surface area contributed by atoms with Gasteiger partial charge in [0.25, 0.3) is 0 Å². The van der Waals surface area contributed by atoms with Crippen LogP contribution < -0.4 is 0 Å². The van der Waals surface area contributed by atoms with Crippen LogP contribution in [-0.4, -0.2) is 40.9 Å². The van der Waals surface area contributed by atoms with Crippen LogP contribution in [0.4, 0.5) is 0 Å². The summed E-state index contributed by atoms with van der Waals surface area (Å²) in [7, 11) is 0. The van der Waals surface area contributed by atoms with Crippen LogP contribution in [0.5, 0.6) is 0 Å². The van der Waals surface area contributed by atoms with Crippen LogP contribution >= 0.6 is 23.2 Å². The smallest absolute Gasteiger partial charge is 0.228 e. The van der Waals surface area contributed by atoms with E-state index in [1.54, 1.807) is 6.07 Å². The highest BCUT2D eigenvalue weighted by Crippen LogP contribution is 2.40. The van der Waals surface area contributed by atoms with Gasteiger partial charge in [-0.3, -0.25) is 4.79 Å². The molecule has 154 valence electrons. The number of halogens is 2. The summed E-state index contributed by atoms with van der Waals surface area (Å²) < 4.78 is 0.